The van der Waals surface area contributed by atoms with Crippen LogP contribution >= 0.6 is 0 Å². The molecule has 0 aliphatic heterocycles. The molecule has 2 heterocycles. The summed E-state index contributed by atoms with van der Waals surface area (Å²) >= 11 is 0. The van der Waals surface area contributed by atoms with Crippen LogP contribution in [0.15, 0.2) is 227 Å². The van der Waals surface area contributed by atoms with E-state index in [1.807, 2.05) is 0 Å². The zero-order valence-electron chi connectivity index (χ0n) is 40.5. The van der Waals surface area contributed by atoms with E-state index in [1.165, 1.54) is 54.9 Å². The predicted octanol–water partition coefficient (Wildman–Crippen LogP) is 19.9. The van der Waals surface area contributed by atoms with Crippen LogP contribution in [0.2, 0.25) is 0 Å². The Morgan fingerprint density at radius 2 is 0.667 bits per heavy atom. The van der Waals surface area contributed by atoms with Crippen molar-refractivity contribution in [3.63, 3.8) is 0 Å². The summed E-state index contributed by atoms with van der Waals surface area (Å²) in [6.45, 7) is 8.93. The van der Waals surface area contributed by atoms with Crippen LogP contribution in [0.1, 0.15) is 22.3 Å². The van der Waals surface area contributed by atoms with Gasteiger partial charge in [0.2, 0.25) is 0 Å². The second kappa shape index (κ2) is 16.2. The van der Waals surface area contributed by atoms with Crippen molar-refractivity contribution in [2.24, 2.45) is 0 Å². The molecule has 72 heavy (non-hydrogen) atoms. The van der Waals surface area contributed by atoms with Gasteiger partial charge < -0.3 is 18.6 Å². The fourth-order valence-corrected chi connectivity index (χ4v) is 11.7. The first kappa shape index (κ1) is 41.8. The van der Waals surface area contributed by atoms with Gasteiger partial charge >= 0.3 is 0 Å². The first-order valence-corrected chi connectivity index (χ1v) is 24.8. The molecule has 0 unspecified atom stereocenters. The second-order valence-corrected chi connectivity index (χ2v) is 19.5. The van der Waals surface area contributed by atoms with Gasteiger partial charge in [-0.3, -0.25) is 0 Å². The number of para-hydroxylation sites is 4. The number of aryl methyl sites for hydroxylation is 4. The van der Waals surface area contributed by atoms with Gasteiger partial charge in [-0.15, -0.1) is 0 Å². The molecular weight excluding hydrogens is 877 g/mol. The van der Waals surface area contributed by atoms with Gasteiger partial charge in [0, 0.05) is 43.7 Å². The molecule has 4 nitrogen and oxygen atoms in total. The molecule has 0 amide bonds. The summed E-state index contributed by atoms with van der Waals surface area (Å²) in [7, 11) is 0. The highest BCUT2D eigenvalue weighted by Crippen LogP contribution is 2.52. The third kappa shape index (κ3) is 6.53. The molecule has 0 spiro atoms. The van der Waals surface area contributed by atoms with Crippen LogP contribution in [0, 0.1) is 27.7 Å². The van der Waals surface area contributed by atoms with E-state index in [1.54, 1.807) is 0 Å². The summed E-state index contributed by atoms with van der Waals surface area (Å²) in [6.07, 6.45) is 0. The molecule has 0 atom stereocenters. The van der Waals surface area contributed by atoms with Crippen LogP contribution in [0.5, 0.6) is 0 Å². The third-order valence-electron chi connectivity index (χ3n) is 14.9. The molecule has 0 N–H and O–H groups in total. The smallest absolute Gasteiger partial charge is 0.159 e. The standard InChI is InChI=1S/C68H48N2O2/c1-41-33-47(45-17-7-5-8-18-45)39-49(35-41)69(59-25-15-23-55-53-21-11-13-27-63(53)71-67(55)59)61-37-43(3)51-30-32-58-62(38-44(4)52-29-31-57(61)65(51)66(52)58)70(50-36-42(2)34-48(40-50)46-19-9-6-10-20-46)60-26-16-24-56-54-22-12-14-28-64(54)72-68(56)60/h5-40H,1-4H3. The summed E-state index contributed by atoms with van der Waals surface area (Å²) in [5.74, 6) is 0. The monoisotopic (exact) mass is 924 g/mol. The topological polar surface area (TPSA) is 32.8 Å². The minimum Gasteiger partial charge on any atom is -0.454 e. The van der Waals surface area contributed by atoms with E-state index in [0.29, 0.717) is 0 Å². The Hall–Kier alpha value is -9.12. The summed E-state index contributed by atoms with van der Waals surface area (Å²) in [5, 5.41) is 11.6. The van der Waals surface area contributed by atoms with E-state index in [9.17, 15) is 0 Å². The van der Waals surface area contributed by atoms with Crippen molar-refractivity contribution in [1.29, 1.82) is 0 Å². The van der Waals surface area contributed by atoms with E-state index >= 15 is 0 Å². The third-order valence-corrected chi connectivity index (χ3v) is 14.9. The molecule has 0 fully saturated rings. The number of rotatable bonds is 8. The van der Waals surface area contributed by atoms with Crippen molar-refractivity contribution in [3.8, 4) is 22.3 Å². The number of hydrogen-bond donors (Lipinski definition) is 0. The van der Waals surface area contributed by atoms with E-state index in [0.717, 1.165) is 99.9 Å². The van der Waals surface area contributed by atoms with Crippen LogP contribution in [-0.4, -0.2) is 0 Å². The number of fused-ring (bicyclic) bond motifs is 6. The van der Waals surface area contributed by atoms with E-state index in [2.05, 4.69) is 256 Å². The lowest BCUT2D eigenvalue weighted by Crippen LogP contribution is -2.13. The highest BCUT2D eigenvalue weighted by Gasteiger charge is 2.27. The minimum absolute atomic E-state index is 0.853. The normalized spacial score (nSPS) is 11.9. The van der Waals surface area contributed by atoms with Gasteiger partial charge in [-0.25, -0.2) is 0 Å². The number of furan rings is 2. The minimum atomic E-state index is 0.853. The van der Waals surface area contributed by atoms with Crippen molar-refractivity contribution >= 4 is 110 Å². The Labute approximate surface area is 417 Å². The molecule has 14 rings (SSSR count). The predicted molar refractivity (Wildman–Crippen MR) is 304 cm³/mol. The first-order valence-electron chi connectivity index (χ1n) is 24.8. The first-order chi connectivity index (χ1) is 35.3. The quantitative estimate of drug-likeness (QED) is 0.142. The molecule has 4 heteroatoms. The number of hydrogen-bond acceptors (Lipinski definition) is 4. The van der Waals surface area contributed by atoms with Gasteiger partial charge in [0.05, 0.1) is 22.7 Å². The Balaban J connectivity index is 1.07. The Kier molecular flexibility index (Phi) is 9.43. The van der Waals surface area contributed by atoms with Crippen molar-refractivity contribution < 1.29 is 8.83 Å². The maximum absolute atomic E-state index is 6.89. The van der Waals surface area contributed by atoms with Crippen LogP contribution in [-0.2, 0) is 0 Å². The fourth-order valence-electron chi connectivity index (χ4n) is 11.7. The molecule has 0 aliphatic rings. The van der Waals surface area contributed by atoms with Crippen LogP contribution in [0.3, 0.4) is 0 Å². The lowest BCUT2D eigenvalue weighted by atomic mass is 9.88. The largest absolute Gasteiger partial charge is 0.454 e. The van der Waals surface area contributed by atoms with Crippen molar-refractivity contribution in [1.82, 2.24) is 0 Å². The van der Waals surface area contributed by atoms with Crippen molar-refractivity contribution in [2.45, 2.75) is 27.7 Å². The molecule has 0 radical (unpaired) electrons. The van der Waals surface area contributed by atoms with Gasteiger partial charge in [-0.2, -0.15) is 0 Å². The maximum atomic E-state index is 6.89. The molecule has 12 aromatic carbocycles. The van der Waals surface area contributed by atoms with Crippen LogP contribution in [0.4, 0.5) is 34.1 Å². The van der Waals surface area contributed by atoms with Gasteiger partial charge in [-0.05, 0) is 154 Å². The lowest BCUT2D eigenvalue weighted by molar-refractivity contribution is 0.669. The zero-order valence-corrected chi connectivity index (χ0v) is 40.5. The lowest BCUT2D eigenvalue weighted by Gasteiger charge is -2.31. The highest BCUT2D eigenvalue weighted by atomic mass is 16.3. The van der Waals surface area contributed by atoms with E-state index < -0.39 is 0 Å². The Bertz CT molecular complexity index is 4160. The molecular formula is C68H48N2O2. The van der Waals surface area contributed by atoms with E-state index in [4.69, 9.17) is 8.83 Å². The Morgan fingerprint density at radius 1 is 0.278 bits per heavy atom. The van der Waals surface area contributed by atoms with Gasteiger partial charge in [0.25, 0.3) is 0 Å². The molecule has 342 valence electrons. The van der Waals surface area contributed by atoms with E-state index in [-0.39, 0.29) is 0 Å². The number of benzene rings is 12. The summed E-state index contributed by atoms with van der Waals surface area (Å²) < 4.78 is 13.8. The highest BCUT2D eigenvalue weighted by molar-refractivity contribution is 6.30. The van der Waals surface area contributed by atoms with Crippen LogP contribution < -0.4 is 9.80 Å². The molecule has 0 saturated heterocycles. The average Bonchev–Trinajstić information content (AvgIpc) is 4.00. The van der Waals surface area contributed by atoms with Crippen molar-refractivity contribution in [2.75, 3.05) is 9.80 Å². The zero-order chi connectivity index (χ0) is 48.2. The average molecular weight is 925 g/mol. The summed E-state index contributed by atoms with van der Waals surface area (Å²) in [4.78, 5) is 4.90. The second-order valence-electron chi connectivity index (χ2n) is 19.5. The van der Waals surface area contributed by atoms with Gasteiger partial charge in [0.15, 0.2) is 11.2 Å². The maximum Gasteiger partial charge on any atom is 0.159 e. The molecule has 0 bridgehead atoms. The van der Waals surface area contributed by atoms with Crippen LogP contribution in [0.25, 0.3) is 98.4 Å². The summed E-state index contributed by atoms with van der Waals surface area (Å²) in [5.41, 5.74) is 19.1. The number of anilines is 6. The van der Waals surface area contributed by atoms with Gasteiger partial charge in [-0.1, -0.05) is 158 Å². The summed E-state index contributed by atoms with van der Waals surface area (Å²) in [6, 6.07) is 79.3. The molecule has 2 aromatic heterocycles. The Morgan fingerprint density at radius 3 is 1.11 bits per heavy atom. The van der Waals surface area contributed by atoms with Gasteiger partial charge in [0.1, 0.15) is 11.2 Å². The molecule has 14 aromatic rings. The fraction of sp³-hybridized carbons (Fsp3) is 0.0588. The molecule has 0 saturated carbocycles. The number of nitrogens with zero attached hydrogens (tertiary/aromatic N) is 2. The molecule has 0 aliphatic carbocycles. The SMILES string of the molecule is Cc1cc(-c2ccccc2)cc(N(c2cc(C)c3ccc4c(N(c5cc(C)cc(-c6ccccc6)c5)c5cccc6c5oc5ccccc56)cc(C)c5ccc2c3c54)c2cccc3c2oc2ccccc23)c1. The van der Waals surface area contributed by atoms with Crippen molar-refractivity contribution in [3.05, 3.63) is 241 Å².